The van der Waals surface area contributed by atoms with Crippen LogP contribution in [0.1, 0.15) is 27.2 Å². The van der Waals surface area contributed by atoms with Crippen molar-refractivity contribution in [3.63, 3.8) is 0 Å². The van der Waals surface area contributed by atoms with Gasteiger partial charge in [-0.3, -0.25) is 14.4 Å². The molecule has 2 amide bonds. The van der Waals surface area contributed by atoms with E-state index in [9.17, 15) is 9.59 Å². The lowest BCUT2D eigenvalue weighted by Gasteiger charge is -2.26. The summed E-state index contributed by atoms with van der Waals surface area (Å²) >= 11 is 0. The van der Waals surface area contributed by atoms with Gasteiger partial charge in [0.2, 0.25) is 11.8 Å². The van der Waals surface area contributed by atoms with Crippen LogP contribution in [0.2, 0.25) is 0 Å². The maximum absolute atomic E-state index is 11.9. The first-order valence-electron chi connectivity index (χ1n) is 5.66. The van der Waals surface area contributed by atoms with Crippen molar-refractivity contribution in [3.8, 4) is 0 Å². The molecule has 5 heteroatoms. The number of carbonyl (C=O) groups is 2. The van der Waals surface area contributed by atoms with E-state index in [1.807, 2.05) is 20.8 Å². The topological polar surface area (TPSA) is 49.9 Å². The monoisotopic (exact) mass is 240 g/mol. The van der Waals surface area contributed by atoms with Gasteiger partial charge in [0, 0.05) is 31.6 Å². The van der Waals surface area contributed by atoms with Gasteiger partial charge in [0.15, 0.2) is 0 Å². The first-order chi connectivity index (χ1) is 7.88. The highest BCUT2D eigenvalue weighted by Crippen LogP contribution is 2.21. The fraction of sp³-hybridized carbons (Fsp3) is 0.667. The van der Waals surface area contributed by atoms with Crippen molar-refractivity contribution < 1.29 is 14.4 Å². The number of amides is 2. The average molecular weight is 240 g/mol. The second-order valence-electron chi connectivity index (χ2n) is 4.47. The van der Waals surface area contributed by atoms with Gasteiger partial charge in [0.1, 0.15) is 0 Å². The molecule has 1 aliphatic heterocycles. The Kier molecular flexibility index (Phi) is 4.28. The Morgan fingerprint density at radius 3 is 2.53 bits per heavy atom. The quantitative estimate of drug-likeness (QED) is 0.688. The van der Waals surface area contributed by atoms with E-state index in [-0.39, 0.29) is 24.3 Å². The third-order valence-corrected chi connectivity index (χ3v) is 3.26. The van der Waals surface area contributed by atoms with Gasteiger partial charge in [-0.25, -0.2) is 5.06 Å². The van der Waals surface area contributed by atoms with Gasteiger partial charge in [0.25, 0.3) is 0 Å². The van der Waals surface area contributed by atoms with Crippen LogP contribution in [0.4, 0.5) is 0 Å². The molecule has 0 radical (unpaired) electrons. The first kappa shape index (κ1) is 13.7. The Balaban J connectivity index is 2.59. The molecule has 1 atom stereocenters. The lowest BCUT2D eigenvalue weighted by atomic mass is 10.2. The first-order valence-corrected chi connectivity index (χ1v) is 5.66. The molecule has 0 aromatic heterocycles. The smallest absolute Gasteiger partial charge is 0.250 e. The zero-order valence-electron chi connectivity index (χ0n) is 11.1. The molecule has 1 unspecified atom stereocenters. The minimum atomic E-state index is -0.130. The Morgan fingerprint density at radius 1 is 1.53 bits per heavy atom. The standard InChI is InChI=1S/C12H20N2O3/c1-8-7-14(12(16)10(8)3)9(2)6-11(15)13(4)17-5/h9H,6-7H2,1-5H3. The molecule has 0 aliphatic carbocycles. The van der Waals surface area contributed by atoms with E-state index in [0.717, 1.165) is 11.1 Å². The summed E-state index contributed by atoms with van der Waals surface area (Å²) in [6.07, 6.45) is 0.274. The predicted molar refractivity (Wildman–Crippen MR) is 63.9 cm³/mol. The molecule has 0 bridgehead atoms. The Bertz CT molecular complexity index is 363. The maximum Gasteiger partial charge on any atom is 0.250 e. The van der Waals surface area contributed by atoms with Crippen molar-refractivity contribution in [2.24, 2.45) is 0 Å². The minimum Gasteiger partial charge on any atom is -0.332 e. The highest BCUT2D eigenvalue weighted by atomic mass is 16.7. The van der Waals surface area contributed by atoms with E-state index in [4.69, 9.17) is 4.84 Å². The van der Waals surface area contributed by atoms with Crippen LogP contribution in [-0.2, 0) is 14.4 Å². The minimum absolute atomic E-state index is 0.0304. The van der Waals surface area contributed by atoms with Crippen LogP contribution in [0.25, 0.3) is 0 Å². The van der Waals surface area contributed by atoms with Gasteiger partial charge >= 0.3 is 0 Å². The van der Waals surface area contributed by atoms with Crippen LogP contribution >= 0.6 is 0 Å². The summed E-state index contributed by atoms with van der Waals surface area (Å²) in [6, 6.07) is -0.111. The largest absolute Gasteiger partial charge is 0.332 e. The lowest BCUT2D eigenvalue weighted by Crippen LogP contribution is -2.39. The summed E-state index contributed by atoms with van der Waals surface area (Å²) in [5.41, 5.74) is 1.87. The number of hydrogen-bond donors (Lipinski definition) is 0. The number of nitrogens with zero attached hydrogens (tertiary/aromatic N) is 2. The molecular formula is C12H20N2O3. The third-order valence-electron chi connectivity index (χ3n) is 3.26. The number of hydroxylamine groups is 2. The molecular weight excluding hydrogens is 220 g/mol. The van der Waals surface area contributed by atoms with Gasteiger partial charge in [0.05, 0.1) is 7.11 Å². The van der Waals surface area contributed by atoms with E-state index >= 15 is 0 Å². The third kappa shape index (κ3) is 2.85. The van der Waals surface area contributed by atoms with E-state index in [0.29, 0.717) is 6.54 Å². The van der Waals surface area contributed by atoms with Crippen LogP contribution in [0.5, 0.6) is 0 Å². The fourth-order valence-corrected chi connectivity index (χ4v) is 1.79. The highest BCUT2D eigenvalue weighted by Gasteiger charge is 2.30. The van der Waals surface area contributed by atoms with Crippen molar-refractivity contribution in [2.75, 3.05) is 20.7 Å². The molecule has 0 spiro atoms. The van der Waals surface area contributed by atoms with Crippen LogP contribution in [0, 0.1) is 0 Å². The molecule has 1 aliphatic rings. The molecule has 0 fully saturated rings. The van der Waals surface area contributed by atoms with E-state index in [1.54, 1.807) is 11.9 Å². The van der Waals surface area contributed by atoms with Gasteiger partial charge in [-0.2, -0.15) is 0 Å². The molecule has 1 rings (SSSR count). The van der Waals surface area contributed by atoms with Crippen LogP contribution in [-0.4, -0.2) is 48.5 Å². The van der Waals surface area contributed by atoms with Crippen molar-refractivity contribution >= 4 is 11.8 Å². The van der Waals surface area contributed by atoms with Crippen LogP contribution < -0.4 is 0 Å². The summed E-state index contributed by atoms with van der Waals surface area (Å²) in [4.78, 5) is 30.1. The molecule has 0 saturated carbocycles. The van der Waals surface area contributed by atoms with Crippen molar-refractivity contribution in [1.82, 2.24) is 9.96 Å². The normalized spacial score (nSPS) is 17.7. The van der Waals surface area contributed by atoms with Gasteiger partial charge in [-0.05, 0) is 26.3 Å². The van der Waals surface area contributed by atoms with Crippen LogP contribution in [0.3, 0.4) is 0 Å². The van der Waals surface area contributed by atoms with E-state index < -0.39 is 0 Å². The zero-order valence-corrected chi connectivity index (χ0v) is 11.1. The zero-order chi connectivity index (χ0) is 13.2. The predicted octanol–water partition coefficient (Wildman–Crippen LogP) is 0.963. The molecule has 0 aromatic rings. The Hall–Kier alpha value is -1.36. The summed E-state index contributed by atoms with van der Waals surface area (Å²) in [7, 11) is 3.01. The fourth-order valence-electron chi connectivity index (χ4n) is 1.79. The molecule has 17 heavy (non-hydrogen) atoms. The second-order valence-corrected chi connectivity index (χ2v) is 4.47. The van der Waals surface area contributed by atoms with Gasteiger partial charge < -0.3 is 4.90 Å². The summed E-state index contributed by atoms with van der Waals surface area (Å²) < 4.78 is 0. The Labute approximate surface area is 102 Å². The van der Waals surface area contributed by atoms with Gasteiger partial charge in [-0.15, -0.1) is 0 Å². The summed E-state index contributed by atoms with van der Waals surface area (Å²) in [5.74, 6) is -0.0992. The molecule has 0 saturated heterocycles. The van der Waals surface area contributed by atoms with Crippen molar-refractivity contribution in [2.45, 2.75) is 33.2 Å². The number of hydrogen-bond acceptors (Lipinski definition) is 3. The average Bonchev–Trinajstić information content (AvgIpc) is 2.55. The number of carbonyl (C=O) groups excluding carboxylic acids is 2. The lowest BCUT2D eigenvalue weighted by molar-refractivity contribution is -0.169. The molecule has 1 heterocycles. The highest BCUT2D eigenvalue weighted by molar-refractivity contribution is 5.96. The molecule has 96 valence electrons. The maximum atomic E-state index is 11.9. The van der Waals surface area contributed by atoms with Crippen molar-refractivity contribution in [1.29, 1.82) is 0 Å². The molecule has 0 N–H and O–H groups in total. The van der Waals surface area contributed by atoms with E-state index in [1.165, 1.54) is 12.2 Å². The summed E-state index contributed by atoms with van der Waals surface area (Å²) in [6.45, 7) is 6.28. The Morgan fingerprint density at radius 2 is 2.12 bits per heavy atom. The molecule has 0 aromatic carbocycles. The number of rotatable bonds is 4. The SMILES string of the molecule is CON(C)C(=O)CC(C)N1CC(C)=C(C)C1=O. The molecule has 5 nitrogen and oxygen atoms in total. The van der Waals surface area contributed by atoms with Crippen LogP contribution in [0.15, 0.2) is 11.1 Å². The summed E-state index contributed by atoms with van der Waals surface area (Å²) in [5, 5.41) is 1.18. The van der Waals surface area contributed by atoms with E-state index in [2.05, 4.69) is 0 Å². The van der Waals surface area contributed by atoms with Gasteiger partial charge in [-0.1, -0.05) is 0 Å². The second kappa shape index (κ2) is 5.31. The van der Waals surface area contributed by atoms with Crippen molar-refractivity contribution in [3.05, 3.63) is 11.1 Å².